The van der Waals surface area contributed by atoms with Crippen molar-refractivity contribution in [3.8, 4) is 0 Å². The minimum Gasteiger partial charge on any atom is -0.481 e. The molecule has 1 heterocycles. The summed E-state index contributed by atoms with van der Waals surface area (Å²) in [7, 11) is 0. The first-order chi connectivity index (χ1) is 12.4. The number of carboxylic acid groups (broad SMARTS) is 1. The van der Waals surface area contributed by atoms with Crippen molar-refractivity contribution < 1.29 is 30.0 Å². The minimum atomic E-state index is -0.983. The molecule has 1 fully saturated rings. The largest absolute Gasteiger partial charge is 0.481 e. The summed E-state index contributed by atoms with van der Waals surface area (Å²) in [5.41, 5.74) is 0. The number of rotatable bonds is 13. The van der Waals surface area contributed by atoms with Crippen molar-refractivity contribution >= 4 is 5.97 Å². The van der Waals surface area contributed by atoms with E-state index in [-0.39, 0.29) is 18.8 Å². The highest BCUT2D eigenvalue weighted by Crippen LogP contribution is 2.30. The molecule has 5 unspecified atom stereocenters. The Morgan fingerprint density at radius 2 is 1.88 bits per heavy atom. The quantitative estimate of drug-likeness (QED) is 0.292. The highest BCUT2D eigenvalue weighted by atomic mass is 16.6. The Morgan fingerprint density at radius 3 is 2.58 bits per heavy atom. The molecule has 5 atom stereocenters. The second-order valence-electron chi connectivity index (χ2n) is 7.32. The average Bonchev–Trinajstić information content (AvgIpc) is 2.57. The number of unbranched alkanes of at least 4 members (excludes halogenated alkanes) is 5. The summed E-state index contributed by atoms with van der Waals surface area (Å²) in [4.78, 5) is 10.5. The summed E-state index contributed by atoms with van der Waals surface area (Å²) in [6.07, 6.45) is 9.27. The summed E-state index contributed by atoms with van der Waals surface area (Å²) < 4.78 is 5.57. The fraction of sp³-hybridized carbons (Fsp3) is 0.850. The van der Waals surface area contributed by atoms with E-state index < -0.39 is 30.6 Å². The highest BCUT2D eigenvalue weighted by molar-refractivity contribution is 5.66. The van der Waals surface area contributed by atoms with E-state index in [4.69, 9.17) is 9.84 Å². The predicted molar refractivity (Wildman–Crippen MR) is 99.6 cm³/mol. The second-order valence-corrected chi connectivity index (χ2v) is 7.32. The Balaban J connectivity index is 2.44. The summed E-state index contributed by atoms with van der Waals surface area (Å²) in [5, 5.41) is 38.7. The van der Waals surface area contributed by atoms with Gasteiger partial charge >= 0.3 is 5.97 Å². The number of ether oxygens (including phenoxy) is 1. The van der Waals surface area contributed by atoms with E-state index >= 15 is 0 Å². The van der Waals surface area contributed by atoms with Crippen molar-refractivity contribution in [1.29, 1.82) is 0 Å². The van der Waals surface area contributed by atoms with Gasteiger partial charge < -0.3 is 25.2 Å². The summed E-state index contributed by atoms with van der Waals surface area (Å²) in [5.74, 6) is -0.880. The number of hydrogen-bond donors (Lipinski definition) is 4. The van der Waals surface area contributed by atoms with Gasteiger partial charge in [0, 0.05) is 18.8 Å². The van der Waals surface area contributed by atoms with Crippen molar-refractivity contribution in [2.75, 3.05) is 0 Å². The van der Waals surface area contributed by atoms with Crippen LogP contribution in [-0.4, -0.2) is 51.0 Å². The normalized spacial score (nSPS) is 27.7. The third kappa shape index (κ3) is 9.67. The number of carbonyl (C=O) groups is 1. The van der Waals surface area contributed by atoms with Crippen LogP contribution >= 0.6 is 0 Å². The van der Waals surface area contributed by atoms with Crippen LogP contribution in [0.3, 0.4) is 0 Å². The molecule has 0 amide bonds. The summed E-state index contributed by atoms with van der Waals surface area (Å²) >= 11 is 0. The van der Waals surface area contributed by atoms with Crippen LogP contribution in [0.4, 0.5) is 0 Å². The van der Waals surface area contributed by atoms with E-state index in [2.05, 4.69) is 6.92 Å². The van der Waals surface area contributed by atoms with Crippen molar-refractivity contribution in [1.82, 2.24) is 0 Å². The molecule has 0 spiro atoms. The van der Waals surface area contributed by atoms with Crippen LogP contribution in [0.15, 0.2) is 12.2 Å². The molecule has 0 aromatic heterocycles. The first kappa shape index (κ1) is 23.1. The maximum absolute atomic E-state index is 10.5. The molecule has 0 radical (unpaired) electrons. The molecule has 0 saturated carbocycles. The zero-order valence-electron chi connectivity index (χ0n) is 15.9. The number of aliphatic carboxylic acids is 1. The van der Waals surface area contributed by atoms with E-state index in [0.717, 1.165) is 44.9 Å². The van der Waals surface area contributed by atoms with Gasteiger partial charge in [-0.25, -0.2) is 0 Å². The zero-order valence-corrected chi connectivity index (χ0v) is 15.9. The van der Waals surface area contributed by atoms with Gasteiger partial charge in [-0.1, -0.05) is 57.6 Å². The van der Waals surface area contributed by atoms with Crippen LogP contribution in [0.25, 0.3) is 0 Å². The minimum absolute atomic E-state index is 0.114. The molecule has 26 heavy (non-hydrogen) atoms. The van der Waals surface area contributed by atoms with Gasteiger partial charge in [0.15, 0.2) is 6.29 Å². The monoisotopic (exact) mass is 372 g/mol. The Labute approximate surface area is 156 Å². The topological polar surface area (TPSA) is 107 Å². The Hall–Kier alpha value is -0.950. The fourth-order valence-corrected chi connectivity index (χ4v) is 3.43. The average molecular weight is 373 g/mol. The molecule has 1 saturated heterocycles. The van der Waals surface area contributed by atoms with Crippen LogP contribution in [-0.2, 0) is 9.53 Å². The van der Waals surface area contributed by atoms with E-state index in [0.29, 0.717) is 12.8 Å². The summed E-state index contributed by atoms with van der Waals surface area (Å²) in [6, 6.07) is 0. The molecule has 0 bridgehead atoms. The van der Waals surface area contributed by atoms with Gasteiger partial charge in [-0.2, -0.15) is 0 Å². The molecule has 152 valence electrons. The van der Waals surface area contributed by atoms with Gasteiger partial charge in [0.1, 0.15) is 0 Å². The lowest BCUT2D eigenvalue weighted by Gasteiger charge is -2.37. The number of hydrogen-bond acceptors (Lipinski definition) is 5. The fourth-order valence-electron chi connectivity index (χ4n) is 3.43. The second kappa shape index (κ2) is 13.3. The van der Waals surface area contributed by atoms with Gasteiger partial charge in [-0.05, 0) is 19.3 Å². The number of aliphatic hydroxyl groups is 3. The van der Waals surface area contributed by atoms with Gasteiger partial charge in [-0.3, -0.25) is 4.79 Å². The van der Waals surface area contributed by atoms with Crippen molar-refractivity contribution in [2.24, 2.45) is 5.92 Å². The molecule has 0 aliphatic carbocycles. The van der Waals surface area contributed by atoms with Crippen molar-refractivity contribution in [3.05, 3.63) is 12.2 Å². The molecular weight excluding hydrogens is 336 g/mol. The first-order valence-electron chi connectivity index (χ1n) is 10.0. The molecule has 4 N–H and O–H groups in total. The molecule has 0 aromatic carbocycles. The van der Waals surface area contributed by atoms with Gasteiger partial charge in [0.25, 0.3) is 0 Å². The van der Waals surface area contributed by atoms with E-state index in [1.165, 1.54) is 0 Å². The van der Waals surface area contributed by atoms with Crippen LogP contribution < -0.4 is 0 Å². The smallest absolute Gasteiger partial charge is 0.303 e. The molecule has 0 aromatic rings. The molecule has 6 heteroatoms. The lowest BCUT2D eigenvalue weighted by Crippen LogP contribution is -2.43. The van der Waals surface area contributed by atoms with Crippen LogP contribution in [0.1, 0.15) is 77.6 Å². The lowest BCUT2D eigenvalue weighted by atomic mass is 9.85. The van der Waals surface area contributed by atoms with Crippen LogP contribution in [0.2, 0.25) is 0 Å². The Morgan fingerprint density at radius 1 is 1.15 bits per heavy atom. The van der Waals surface area contributed by atoms with Gasteiger partial charge in [0.2, 0.25) is 0 Å². The standard InChI is InChI=1S/C20H36O6/c1-2-3-6-9-15(21)12-13-18-16(17(22)14-20(25)26-18)10-7-4-5-8-11-19(23)24/h12-13,15-18,20-22,25H,2-11,14H2,1H3,(H,23,24). The highest BCUT2D eigenvalue weighted by Gasteiger charge is 2.35. The molecule has 6 nitrogen and oxygen atoms in total. The maximum atomic E-state index is 10.5. The first-order valence-corrected chi connectivity index (χ1v) is 10.0. The summed E-state index contributed by atoms with van der Waals surface area (Å²) in [6.45, 7) is 2.12. The van der Waals surface area contributed by atoms with E-state index in [1.807, 2.05) is 0 Å². The molecule has 1 aliphatic heterocycles. The van der Waals surface area contributed by atoms with Crippen LogP contribution in [0, 0.1) is 5.92 Å². The van der Waals surface area contributed by atoms with E-state index in [1.54, 1.807) is 12.2 Å². The van der Waals surface area contributed by atoms with E-state index in [9.17, 15) is 20.1 Å². The Kier molecular flexibility index (Phi) is 11.8. The third-order valence-corrected chi connectivity index (χ3v) is 4.98. The van der Waals surface area contributed by atoms with Crippen molar-refractivity contribution in [2.45, 2.75) is 102 Å². The maximum Gasteiger partial charge on any atom is 0.303 e. The predicted octanol–water partition coefficient (Wildman–Crippen LogP) is 2.99. The zero-order chi connectivity index (χ0) is 19.4. The third-order valence-electron chi connectivity index (χ3n) is 4.98. The van der Waals surface area contributed by atoms with Crippen molar-refractivity contribution in [3.63, 3.8) is 0 Å². The lowest BCUT2D eigenvalue weighted by molar-refractivity contribution is -0.201. The molecule has 1 aliphatic rings. The number of aliphatic hydroxyl groups excluding tert-OH is 3. The molecule has 1 rings (SSSR count). The van der Waals surface area contributed by atoms with Crippen LogP contribution in [0.5, 0.6) is 0 Å². The molecular formula is C20H36O6. The van der Waals surface area contributed by atoms with Gasteiger partial charge in [-0.15, -0.1) is 0 Å². The van der Waals surface area contributed by atoms with Gasteiger partial charge in [0.05, 0.1) is 18.3 Å². The Bertz CT molecular complexity index is 411. The SMILES string of the molecule is CCCCCC(O)C=CC1OC(O)CC(O)C1CCCCCCC(=O)O. The number of carboxylic acids is 1.